The van der Waals surface area contributed by atoms with Crippen molar-refractivity contribution in [2.24, 2.45) is 0 Å². The summed E-state index contributed by atoms with van der Waals surface area (Å²) in [5, 5.41) is 2.79. The van der Waals surface area contributed by atoms with Gasteiger partial charge in [0.25, 0.3) is 0 Å². The Bertz CT molecular complexity index is 723. The largest absolute Gasteiger partial charge is 0.497 e. The molecule has 0 spiro atoms. The normalized spacial score (nSPS) is 10.5. The predicted octanol–water partition coefficient (Wildman–Crippen LogP) is 4.14. The van der Waals surface area contributed by atoms with Gasteiger partial charge in [-0.05, 0) is 42.3 Å². The molecule has 0 aliphatic heterocycles. The maximum Gasteiger partial charge on any atom is 0.248 e. The van der Waals surface area contributed by atoms with Gasteiger partial charge in [0.15, 0.2) is 0 Å². The van der Waals surface area contributed by atoms with Gasteiger partial charge in [-0.2, -0.15) is 0 Å². The second-order valence-electron chi connectivity index (χ2n) is 5.31. The van der Waals surface area contributed by atoms with E-state index in [1.54, 1.807) is 38.5 Å². The third-order valence-corrected chi connectivity index (χ3v) is 3.45. The van der Waals surface area contributed by atoms with Crippen LogP contribution < -0.4 is 19.5 Å². The molecule has 1 N–H and O–H groups in total. The molecule has 0 unspecified atom stereocenters. The van der Waals surface area contributed by atoms with Crippen LogP contribution in [-0.4, -0.2) is 26.7 Å². The molecule has 1 amide bonds. The second-order valence-corrected chi connectivity index (χ2v) is 5.31. The van der Waals surface area contributed by atoms with Gasteiger partial charge in [-0.3, -0.25) is 4.79 Å². The Hall–Kier alpha value is -2.95. The van der Waals surface area contributed by atoms with Crippen molar-refractivity contribution in [3.8, 4) is 17.2 Å². The summed E-state index contributed by atoms with van der Waals surface area (Å²) in [6, 6.07) is 12.8. The summed E-state index contributed by atoms with van der Waals surface area (Å²) in [5.74, 6) is 1.79. The fourth-order valence-electron chi connectivity index (χ4n) is 2.14. The molecule has 0 saturated heterocycles. The minimum absolute atomic E-state index is 0.241. The zero-order valence-corrected chi connectivity index (χ0v) is 14.7. The standard InChI is InChI=1S/C20H23NO4/c1-4-13-25-16-8-5-15(6-9-16)7-12-20(22)21-18-11-10-17(23-2)14-19(18)24-3/h5-12,14H,4,13H2,1-3H3,(H,21,22). The predicted molar refractivity (Wildman–Crippen MR) is 99.4 cm³/mol. The topological polar surface area (TPSA) is 56.8 Å². The van der Waals surface area contributed by atoms with E-state index in [-0.39, 0.29) is 5.91 Å². The number of carbonyl (C=O) groups excluding carboxylic acids is 1. The third kappa shape index (κ3) is 5.57. The molecule has 5 nitrogen and oxygen atoms in total. The Morgan fingerprint density at radius 2 is 1.76 bits per heavy atom. The molecule has 0 bridgehead atoms. The van der Waals surface area contributed by atoms with E-state index in [4.69, 9.17) is 14.2 Å². The number of methoxy groups -OCH3 is 2. The molecular formula is C20H23NO4. The van der Waals surface area contributed by atoms with Crippen molar-refractivity contribution in [2.45, 2.75) is 13.3 Å². The molecule has 132 valence electrons. The van der Waals surface area contributed by atoms with Crippen LogP contribution in [0.3, 0.4) is 0 Å². The first kappa shape index (κ1) is 18.4. The molecule has 25 heavy (non-hydrogen) atoms. The van der Waals surface area contributed by atoms with Crippen molar-refractivity contribution in [3.63, 3.8) is 0 Å². The summed E-state index contributed by atoms with van der Waals surface area (Å²) < 4.78 is 15.9. The number of rotatable bonds is 8. The smallest absolute Gasteiger partial charge is 0.248 e. The number of nitrogens with one attached hydrogen (secondary N) is 1. The monoisotopic (exact) mass is 341 g/mol. The molecule has 2 aromatic carbocycles. The Labute approximate surface area is 148 Å². The van der Waals surface area contributed by atoms with E-state index in [9.17, 15) is 4.79 Å². The fourth-order valence-corrected chi connectivity index (χ4v) is 2.14. The molecule has 0 heterocycles. The lowest BCUT2D eigenvalue weighted by atomic mass is 10.2. The Kier molecular flexibility index (Phi) is 6.89. The zero-order chi connectivity index (χ0) is 18.1. The highest BCUT2D eigenvalue weighted by molar-refractivity contribution is 6.02. The highest BCUT2D eigenvalue weighted by Crippen LogP contribution is 2.29. The Balaban J connectivity index is 1.98. The van der Waals surface area contributed by atoms with Gasteiger partial charge in [0, 0.05) is 12.1 Å². The second kappa shape index (κ2) is 9.37. The number of benzene rings is 2. The van der Waals surface area contributed by atoms with Crippen LogP contribution in [-0.2, 0) is 4.79 Å². The number of anilines is 1. The lowest BCUT2D eigenvalue weighted by molar-refractivity contribution is -0.111. The van der Waals surface area contributed by atoms with Crippen LogP contribution in [0.15, 0.2) is 48.5 Å². The maximum atomic E-state index is 12.1. The van der Waals surface area contributed by atoms with E-state index in [0.29, 0.717) is 23.8 Å². The third-order valence-electron chi connectivity index (χ3n) is 3.45. The molecule has 0 aromatic heterocycles. The first-order valence-corrected chi connectivity index (χ1v) is 8.10. The fraction of sp³-hybridized carbons (Fsp3) is 0.250. The van der Waals surface area contributed by atoms with E-state index in [0.717, 1.165) is 17.7 Å². The van der Waals surface area contributed by atoms with E-state index in [1.165, 1.54) is 6.08 Å². The first-order valence-electron chi connectivity index (χ1n) is 8.10. The summed E-state index contributed by atoms with van der Waals surface area (Å²) in [4.78, 5) is 12.1. The summed E-state index contributed by atoms with van der Waals surface area (Å²) in [7, 11) is 3.12. The molecule has 2 rings (SSSR count). The van der Waals surface area contributed by atoms with Gasteiger partial charge in [0.2, 0.25) is 5.91 Å². The van der Waals surface area contributed by atoms with Crippen molar-refractivity contribution in [1.82, 2.24) is 0 Å². The number of hydrogen-bond acceptors (Lipinski definition) is 4. The number of hydrogen-bond donors (Lipinski definition) is 1. The van der Waals surface area contributed by atoms with Crippen LogP contribution in [0.4, 0.5) is 5.69 Å². The summed E-state index contributed by atoms with van der Waals surface area (Å²) in [5.41, 5.74) is 1.50. The highest BCUT2D eigenvalue weighted by Gasteiger charge is 2.07. The van der Waals surface area contributed by atoms with Gasteiger partial charge in [0.05, 0.1) is 26.5 Å². The van der Waals surface area contributed by atoms with Gasteiger partial charge in [0.1, 0.15) is 17.2 Å². The molecule has 2 aromatic rings. The quantitative estimate of drug-likeness (QED) is 0.733. The summed E-state index contributed by atoms with van der Waals surface area (Å²) in [6.45, 7) is 2.76. The lowest BCUT2D eigenvalue weighted by Crippen LogP contribution is -2.09. The molecule has 0 saturated carbocycles. The van der Waals surface area contributed by atoms with Crippen molar-refractivity contribution in [2.75, 3.05) is 26.1 Å². The molecule has 0 aliphatic rings. The minimum atomic E-state index is -0.241. The average Bonchev–Trinajstić information content (AvgIpc) is 2.65. The van der Waals surface area contributed by atoms with Gasteiger partial charge < -0.3 is 19.5 Å². The van der Waals surface area contributed by atoms with Crippen LogP contribution in [0.5, 0.6) is 17.2 Å². The maximum absolute atomic E-state index is 12.1. The van der Waals surface area contributed by atoms with Crippen LogP contribution in [0, 0.1) is 0 Å². The SMILES string of the molecule is CCCOc1ccc(C=CC(=O)Nc2ccc(OC)cc2OC)cc1. The van der Waals surface area contributed by atoms with E-state index in [2.05, 4.69) is 12.2 Å². The van der Waals surface area contributed by atoms with Crippen LogP contribution in [0.2, 0.25) is 0 Å². The Morgan fingerprint density at radius 1 is 1.04 bits per heavy atom. The van der Waals surface area contributed by atoms with Gasteiger partial charge in [-0.25, -0.2) is 0 Å². The number of amides is 1. The van der Waals surface area contributed by atoms with Gasteiger partial charge in [-0.15, -0.1) is 0 Å². The van der Waals surface area contributed by atoms with Crippen molar-refractivity contribution in [1.29, 1.82) is 0 Å². The molecule has 0 atom stereocenters. The molecule has 0 radical (unpaired) electrons. The number of ether oxygens (including phenoxy) is 3. The van der Waals surface area contributed by atoms with Crippen LogP contribution in [0.1, 0.15) is 18.9 Å². The van der Waals surface area contributed by atoms with Crippen molar-refractivity contribution >= 4 is 17.7 Å². The highest BCUT2D eigenvalue weighted by atomic mass is 16.5. The molecular weight excluding hydrogens is 318 g/mol. The Morgan fingerprint density at radius 3 is 2.40 bits per heavy atom. The van der Waals surface area contributed by atoms with Crippen molar-refractivity contribution < 1.29 is 19.0 Å². The van der Waals surface area contributed by atoms with Gasteiger partial charge >= 0.3 is 0 Å². The van der Waals surface area contributed by atoms with E-state index < -0.39 is 0 Å². The molecule has 0 fully saturated rings. The van der Waals surface area contributed by atoms with Gasteiger partial charge in [-0.1, -0.05) is 19.1 Å². The molecule has 5 heteroatoms. The van der Waals surface area contributed by atoms with Crippen LogP contribution >= 0.6 is 0 Å². The van der Waals surface area contributed by atoms with Crippen LogP contribution in [0.25, 0.3) is 6.08 Å². The zero-order valence-electron chi connectivity index (χ0n) is 14.7. The van der Waals surface area contributed by atoms with Crippen molar-refractivity contribution in [3.05, 3.63) is 54.1 Å². The first-order chi connectivity index (χ1) is 12.2. The summed E-state index contributed by atoms with van der Waals surface area (Å²) in [6.07, 6.45) is 4.19. The molecule has 0 aliphatic carbocycles. The minimum Gasteiger partial charge on any atom is -0.497 e. The van der Waals surface area contributed by atoms with E-state index >= 15 is 0 Å². The van der Waals surface area contributed by atoms with E-state index in [1.807, 2.05) is 24.3 Å². The lowest BCUT2D eigenvalue weighted by Gasteiger charge is -2.10. The summed E-state index contributed by atoms with van der Waals surface area (Å²) >= 11 is 0. The number of carbonyl (C=O) groups is 1. The average molecular weight is 341 g/mol.